The number of carbonyl (C=O) groups is 2. The van der Waals surface area contributed by atoms with Gasteiger partial charge in [0.1, 0.15) is 0 Å². The number of piperidine rings is 1. The Morgan fingerprint density at radius 1 is 1.29 bits per heavy atom. The molecular formula is C12H22N2O3. The molecule has 1 heterocycles. The molecule has 5 nitrogen and oxygen atoms in total. The predicted molar refractivity (Wildman–Crippen MR) is 64.7 cm³/mol. The first-order valence-corrected chi connectivity index (χ1v) is 6.04. The predicted octanol–water partition coefficient (Wildman–Crippen LogP) is 0.698. The minimum atomic E-state index is -0.790. The highest BCUT2D eigenvalue weighted by atomic mass is 16.4. The van der Waals surface area contributed by atoms with Crippen molar-refractivity contribution < 1.29 is 14.7 Å². The first-order chi connectivity index (χ1) is 7.79. The smallest absolute Gasteiger partial charge is 0.317 e. The number of hydrogen-bond acceptors (Lipinski definition) is 3. The summed E-state index contributed by atoms with van der Waals surface area (Å²) in [4.78, 5) is 24.2. The van der Waals surface area contributed by atoms with Crippen LogP contribution in [0.15, 0.2) is 0 Å². The lowest BCUT2D eigenvalue weighted by molar-refractivity contribution is -0.139. The summed E-state index contributed by atoms with van der Waals surface area (Å²) in [6, 6.07) is 0.187. The lowest BCUT2D eigenvalue weighted by Gasteiger charge is -2.32. The summed E-state index contributed by atoms with van der Waals surface area (Å²) in [7, 11) is 0. The van der Waals surface area contributed by atoms with E-state index in [2.05, 4.69) is 5.32 Å². The molecule has 5 heteroatoms. The van der Waals surface area contributed by atoms with Crippen molar-refractivity contribution in [2.24, 2.45) is 5.41 Å². The van der Waals surface area contributed by atoms with E-state index in [1.807, 2.05) is 25.7 Å². The molecule has 0 aromatic carbocycles. The molecule has 98 valence electrons. The number of carbonyl (C=O) groups excluding carboxylic acids is 1. The normalized spacial score (nSPS) is 19.0. The quantitative estimate of drug-likeness (QED) is 0.764. The molecule has 1 rings (SSSR count). The van der Waals surface area contributed by atoms with E-state index >= 15 is 0 Å². The van der Waals surface area contributed by atoms with Crippen LogP contribution in [-0.4, -0.2) is 47.6 Å². The van der Waals surface area contributed by atoms with Gasteiger partial charge in [-0.25, -0.2) is 0 Å². The van der Waals surface area contributed by atoms with E-state index < -0.39 is 5.97 Å². The molecule has 0 spiro atoms. The third kappa shape index (κ3) is 4.73. The SMILES string of the molecule is CC(C)(C)C(=O)NC1CCN(CC(=O)O)CC1. The van der Waals surface area contributed by atoms with Gasteiger partial charge in [0.15, 0.2) is 0 Å². The molecule has 17 heavy (non-hydrogen) atoms. The number of nitrogens with zero attached hydrogens (tertiary/aromatic N) is 1. The lowest BCUT2D eigenvalue weighted by Crippen LogP contribution is -2.48. The number of hydrogen-bond donors (Lipinski definition) is 2. The van der Waals surface area contributed by atoms with Crippen molar-refractivity contribution in [3.05, 3.63) is 0 Å². The number of rotatable bonds is 3. The van der Waals surface area contributed by atoms with Crippen molar-refractivity contribution in [1.82, 2.24) is 10.2 Å². The van der Waals surface area contributed by atoms with Crippen LogP contribution in [0.2, 0.25) is 0 Å². The Morgan fingerprint density at radius 3 is 2.24 bits per heavy atom. The van der Waals surface area contributed by atoms with Gasteiger partial charge in [0.05, 0.1) is 6.54 Å². The highest BCUT2D eigenvalue weighted by molar-refractivity contribution is 5.81. The van der Waals surface area contributed by atoms with Crippen molar-refractivity contribution in [2.45, 2.75) is 39.7 Å². The number of amides is 1. The molecule has 1 saturated heterocycles. The van der Waals surface area contributed by atoms with Gasteiger partial charge in [0, 0.05) is 24.5 Å². The minimum Gasteiger partial charge on any atom is -0.480 e. The first-order valence-electron chi connectivity index (χ1n) is 6.04. The van der Waals surface area contributed by atoms with Crippen molar-refractivity contribution >= 4 is 11.9 Å². The summed E-state index contributed by atoms with van der Waals surface area (Å²) in [5.41, 5.74) is -0.363. The maximum absolute atomic E-state index is 11.8. The molecule has 0 bridgehead atoms. The van der Waals surface area contributed by atoms with Gasteiger partial charge >= 0.3 is 5.97 Å². The average Bonchev–Trinajstić information content (AvgIpc) is 2.18. The zero-order valence-corrected chi connectivity index (χ0v) is 10.8. The topological polar surface area (TPSA) is 69.6 Å². The summed E-state index contributed by atoms with van der Waals surface area (Å²) in [6.07, 6.45) is 1.66. The van der Waals surface area contributed by atoms with Crippen LogP contribution in [-0.2, 0) is 9.59 Å². The summed E-state index contributed by atoms with van der Waals surface area (Å²) in [5, 5.41) is 11.7. The van der Waals surface area contributed by atoms with Crippen LogP contribution in [0.3, 0.4) is 0 Å². The average molecular weight is 242 g/mol. The number of likely N-dealkylation sites (tertiary alicyclic amines) is 1. The number of nitrogens with one attached hydrogen (secondary N) is 1. The van der Waals surface area contributed by atoms with E-state index in [0.717, 1.165) is 25.9 Å². The third-order valence-corrected chi connectivity index (χ3v) is 2.96. The number of carboxylic acid groups (broad SMARTS) is 1. The van der Waals surface area contributed by atoms with Gasteiger partial charge in [-0.3, -0.25) is 14.5 Å². The molecule has 1 aliphatic heterocycles. The molecule has 1 fully saturated rings. The molecule has 2 N–H and O–H groups in total. The second kappa shape index (κ2) is 5.49. The Labute approximate surface area is 102 Å². The first kappa shape index (κ1) is 14.0. The fourth-order valence-electron chi connectivity index (χ4n) is 1.83. The molecule has 0 aromatic rings. The van der Waals surface area contributed by atoms with Crippen LogP contribution in [0.5, 0.6) is 0 Å². The van der Waals surface area contributed by atoms with Gasteiger partial charge in [0.2, 0.25) is 5.91 Å². The molecule has 0 aromatic heterocycles. The van der Waals surface area contributed by atoms with E-state index in [1.165, 1.54) is 0 Å². The molecule has 0 atom stereocenters. The Bertz CT molecular complexity index is 289. The van der Waals surface area contributed by atoms with Crippen LogP contribution >= 0.6 is 0 Å². The van der Waals surface area contributed by atoms with E-state index in [-0.39, 0.29) is 23.9 Å². The lowest BCUT2D eigenvalue weighted by atomic mass is 9.94. The van der Waals surface area contributed by atoms with Gasteiger partial charge < -0.3 is 10.4 Å². The van der Waals surface area contributed by atoms with Crippen molar-refractivity contribution in [1.29, 1.82) is 0 Å². The van der Waals surface area contributed by atoms with Crippen LogP contribution in [0.4, 0.5) is 0 Å². The molecule has 0 aliphatic carbocycles. The maximum atomic E-state index is 11.8. The Kier molecular flexibility index (Phi) is 4.51. The van der Waals surface area contributed by atoms with Gasteiger partial charge in [-0.2, -0.15) is 0 Å². The van der Waals surface area contributed by atoms with Crippen molar-refractivity contribution in [2.75, 3.05) is 19.6 Å². The van der Waals surface area contributed by atoms with Crippen molar-refractivity contribution in [3.8, 4) is 0 Å². The molecule has 0 radical (unpaired) electrons. The van der Waals surface area contributed by atoms with Crippen LogP contribution in [0.1, 0.15) is 33.6 Å². The summed E-state index contributed by atoms with van der Waals surface area (Å²) >= 11 is 0. The van der Waals surface area contributed by atoms with E-state index in [0.29, 0.717) is 0 Å². The standard InChI is InChI=1S/C12H22N2O3/c1-12(2,3)11(17)13-9-4-6-14(7-5-9)8-10(15)16/h9H,4-8H2,1-3H3,(H,13,17)(H,15,16). The highest BCUT2D eigenvalue weighted by Gasteiger charge is 2.26. The second-order valence-corrected chi connectivity index (χ2v) is 5.67. The Hall–Kier alpha value is -1.10. The molecule has 0 saturated carbocycles. The van der Waals surface area contributed by atoms with E-state index in [9.17, 15) is 9.59 Å². The highest BCUT2D eigenvalue weighted by Crippen LogP contribution is 2.16. The maximum Gasteiger partial charge on any atom is 0.317 e. The van der Waals surface area contributed by atoms with Gasteiger partial charge in [-0.05, 0) is 12.8 Å². The molecular weight excluding hydrogens is 220 g/mol. The number of aliphatic carboxylic acids is 1. The fourth-order valence-corrected chi connectivity index (χ4v) is 1.83. The largest absolute Gasteiger partial charge is 0.480 e. The zero-order chi connectivity index (χ0) is 13.1. The Morgan fingerprint density at radius 2 is 1.82 bits per heavy atom. The van der Waals surface area contributed by atoms with E-state index in [1.54, 1.807) is 0 Å². The van der Waals surface area contributed by atoms with E-state index in [4.69, 9.17) is 5.11 Å². The van der Waals surface area contributed by atoms with Crippen LogP contribution < -0.4 is 5.32 Å². The summed E-state index contributed by atoms with van der Waals surface area (Å²) < 4.78 is 0. The Balaban J connectivity index is 2.33. The van der Waals surface area contributed by atoms with Gasteiger partial charge in [0.25, 0.3) is 0 Å². The molecule has 1 aliphatic rings. The van der Waals surface area contributed by atoms with Crippen molar-refractivity contribution in [3.63, 3.8) is 0 Å². The van der Waals surface area contributed by atoms with Crippen LogP contribution in [0, 0.1) is 5.41 Å². The molecule has 1 amide bonds. The zero-order valence-electron chi connectivity index (χ0n) is 10.8. The van der Waals surface area contributed by atoms with Gasteiger partial charge in [-0.1, -0.05) is 20.8 Å². The summed E-state index contributed by atoms with van der Waals surface area (Å²) in [5.74, 6) is -0.726. The molecule has 0 unspecified atom stereocenters. The van der Waals surface area contributed by atoms with Crippen LogP contribution in [0.25, 0.3) is 0 Å². The second-order valence-electron chi connectivity index (χ2n) is 5.67. The minimum absolute atomic E-state index is 0.0641. The van der Waals surface area contributed by atoms with Gasteiger partial charge in [-0.15, -0.1) is 0 Å². The monoisotopic (exact) mass is 242 g/mol. The third-order valence-electron chi connectivity index (χ3n) is 2.96. The number of carboxylic acids is 1. The summed E-state index contributed by atoms with van der Waals surface area (Å²) in [6.45, 7) is 7.24. The fraction of sp³-hybridized carbons (Fsp3) is 0.833.